The highest BCUT2D eigenvalue weighted by atomic mass is 32.2. The molecule has 1 aliphatic heterocycles. The van der Waals surface area contributed by atoms with Gasteiger partial charge in [-0.05, 0) is 24.8 Å². The highest BCUT2D eigenvalue weighted by Gasteiger charge is 2.23. The average molecular weight is 224 g/mol. The van der Waals surface area contributed by atoms with E-state index in [0.717, 1.165) is 24.3 Å². The van der Waals surface area contributed by atoms with Gasteiger partial charge in [-0.2, -0.15) is 0 Å². The van der Waals surface area contributed by atoms with Gasteiger partial charge in [0.05, 0.1) is 15.9 Å². The standard InChI is InChI=1S/C10H12N2O2S/c13-12(14)9-5-2-1-4-8(9)10-11-6-3-7-15-10/h1-2,4-5,10-11H,3,6-7H2. The van der Waals surface area contributed by atoms with Gasteiger partial charge in [0, 0.05) is 6.07 Å². The summed E-state index contributed by atoms with van der Waals surface area (Å²) in [7, 11) is 0. The molecule has 1 aliphatic rings. The molecule has 2 rings (SSSR count). The van der Waals surface area contributed by atoms with Crippen molar-refractivity contribution in [3.63, 3.8) is 0 Å². The minimum atomic E-state index is -0.313. The quantitative estimate of drug-likeness (QED) is 0.618. The molecule has 1 saturated heterocycles. The normalized spacial score (nSPS) is 21.2. The van der Waals surface area contributed by atoms with E-state index in [2.05, 4.69) is 5.32 Å². The van der Waals surface area contributed by atoms with E-state index < -0.39 is 0 Å². The Morgan fingerprint density at radius 1 is 1.47 bits per heavy atom. The van der Waals surface area contributed by atoms with Crippen LogP contribution in [0, 0.1) is 10.1 Å². The number of nitrogens with zero attached hydrogens (tertiary/aromatic N) is 1. The van der Waals surface area contributed by atoms with Crippen molar-refractivity contribution in [1.29, 1.82) is 0 Å². The lowest BCUT2D eigenvalue weighted by Crippen LogP contribution is -2.25. The molecule has 0 spiro atoms. The summed E-state index contributed by atoms with van der Waals surface area (Å²) in [5.41, 5.74) is 0.997. The first kappa shape index (κ1) is 10.4. The fourth-order valence-corrected chi connectivity index (χ4v) is 2.80. The van der Waals surface area contributed by atoms with Crippen LogP contribution in [0.5, 0.6) is 0 Å². The van der Waals surface area contributed by atoms with Gasteiger partial charge in [-0.15, -0.1) is 11.8 Å². The lowest BCUT2D eigenvalue weighted by atomic mass is 10.1. The topological polar surface area (TPSA) is 55.2 Å². The van der Waals surface area contributed by atoms with Gasteiger partial charge in [-0.25, -0.2) is 0 Å². The van der Waals surface area contributed by atoms with Gasteiger partial charge < -0.3 is 5.32 Å². The molecular weight excluding hydrogens is 212 g/mol. The van der Waals surface area contributed by atoms with Crippen LogP contribution in [0.25, 0.3) is 0 Å². The molecule has 1 aromatic rings. The van der Waals surface area contributed by atoms with Crippen LogP contribution in [0.4, 0.5) is 5.69 Å². The van der Waals surface area contributed by atoms with E-state index in [1.54, 1.807) is 23.9 Å². The van der Waals surface area contributed by atoms with Gasteiger partial charge in [-0.3, -0.25) is 10.1 Å². The maximum Gasteiger partial charge on any atom is 0.275 e. The number of nitro groups is 1. The van der Waals surface area contributed by atoms with Crippen molar-refractivity contribution >= 4 is 17.4 Å². The molecule has 4 nitrogen and oxygen atoms in total. The van der Waals surface area contributed by atoms with Crippen LogP contribution >= 0.6 is 11.8 Å². The Kier molecular flexibility index (Phi) is 3.23. The predicted octanol–water partition coefficient (Wildman–Crippen LogP) is 2.32. The van der Waals surface area contributed by atoms with Crippen LogP contribution in [0.3, 0.4) is 0 Å². The predicted molar refractivity (Wildman–Crippen MR) is 60.9 cm³/mol. The average Bonchev–Trinajstić information content (AvgIpc) is 2.30. The molecule has 0 aromatic heterocycles. The van der Waals surface area contributed by atoms with Crippen molar-refractivity contribution in [2.45, 2.75) is 11.8 Å². The summed E-state index contributed by atoms with van der Waals surface area (Å²) in [6.45, 7) is 0.934. The Bertz CT molecular complexity index is 364. The van der Waals surface area contributed by atoms with Crippen molar-refractivity contribution in [1.82, 2.24) is 5.32 Å². The molecule has 1 aromatic carbocycles. The number of nitro benzene ring substituents is 1. The monoisotopic (exact) mass is 224 g/mol. The molecular formula is C10H12N2O2S. The van der Waals surface area contributed by atoms with E-state index in [9.17, 15) is 10.1 Å². The van der Waals surface area contributed by atoms with E-state index in [4.69, 9.17) is 0 Å². The molecule has 0 radical (unpaired) electrons. The Morgan fingerprint density at radius 2 is 2.27 bits per heavy atom. The summed E-state index contributed by atoms with van der Waals surface area (Å²) in [4.78, 5) is 10.5. The second kappa shape index (κ2) is 4.63. The molecule has 1 N–H and O–H groups in total. The lowest BCUT2D eigenvalue weighted by Gasteiger charge is -2.22. The third kappa shape index (κ3) is 2.30. The maximum absolute atomic E-state index is 10.8. The molecule has 1 fully saturated rings. The lowest BCUT2D eigenvalue weighted by molar-refractivity contribution is -0.385. The zero-order valence-corrected chi connectivity index (χ0v) is 9.00. The van der Waals surface area contributed by atoms with Gasteiger partial charge in [0.15, 0.2) is 0 Å². The number of rotatable bonds is 2. The molecule has 0 aliphatic carbocycles. The van der Waals surface area contributed by atoms with Crippen LogP contribution in [0.1, 0.15) is 17.4 Å². The molecule has 1 heterocycles. The number of para-hydroxylation sites is 1. The molecule has 5 heteroatoms. The first-order valence-electron chi connectivity index (χ1n) is 4.87. The molecule has 15 heavy (non-hydrogen) atoms. The smallest absolute Gasteiger partial charge is 0.275 e. The number of thioether (sulfide) groups is 1. The minimum Gasteiger partial charge on any atom is -0.301 e. The van der Waals surface area contributed by atoms with Crippen LogP contribution in [-0.4, -0.2) is 17.2 Å². The summed E-state index contributed by atoms with van der Waals surface area (Å²) < 4.78 is 0. The largest absolute Gasteiger partial charge is 0.301 e. The highest BCUT2D eigenvalue weighted by molar-refractivity contribution is 7.99. The molecule has 80 valence electrons. The second-order valence-electron chi connectivity index (χ2n) is 3.37. The van der Waals surface area contributed by atoms with Crippen molar-refractivity contribution in [2.24, 2.45) is 0 Å². The van der Waals surface area contributed by atoms with Crippen molar-refractivity contribution < 1.29 is 4.92 Å². The Morgan fingerprint density at radius 3 is 2.93 bits per heavy atom. The zero-order valence-electron chi connectivity index (χ0n) is 8.18. The number of hydrogen-bond donors (Lipinski definition) is 1. The van der Waals surface area contributed by atoms with Gasteiger partial charge >= 0.3 is 0 Å². The summed E-state index contributed by atoms with van der Waals surface area (Å²) >= 11 is 1.73. The first-order chi connectivity index (χ1) is 7.29. The minimum absolute atomic E-state index is 0.0698. The maximum atomic E-state index is 10.8. The molecule has 0 amide bonds. The number of nitrogens with one attached hydrogen (secondary N) is 1. The van der Waals surface area contributed by atoms with Crippen LogP contribution in [-0.2, 0) is 0 Å². The summed E-state index contributed by atoms with van der Waals surface area (Å²) in [6.07, 6.45) is 1.13. The van der Waals surface area contributed by atoms with Gasteiger partial charge in [-0.1, -0.05) is 12.1 Å². The fraction of sp³-hybridized carbons (Fsp3) is 0.400. The van der Waals surface area contributed by atoms with Gasteiger partial charge in [0.25, 0.3) is 5.69 Å². The van der Waals surface area contributed by atoms with Crippen LogP contribution in [0.15, 0.2) is 24.3 Å². The Balaban J connectivity index is 2.29. The number of benzene rings is 1. The molecule has 0 bridgehead atoms. The van der Waals surface area contributed by atoms with E-state index in [0.29, 0.717) is 0 Å². The molecule has 0 saturated carbocycles. The summed E-state index contributed by atoms with van der Waals surface area (Å²) in [5.74, 6) is 1.06. The molecule has 1 unspecified atom stereocenters. The third-order valence-corrected chi connectivity index (χ3v) is 3.63. The van der Waals surface area contributed by atoms with E-state index in [-0.39, 0.29) is 16.0 Å². The van der Waals surface area contributed by atoms with E-state index in [1.807, 2.05) is 12.1 Å². The summed E-state index contributed by atoms with van der Waals surface area (Å²) in [5, 5.41) is 14.2. The summed E-state index contributed by atoms with van der Waals surface area (Å²) in [6, 6.07) is 6.94. The van der Waals surface area contributed by atoms with Crippen molar-refractivity contribution in [3.05, 3.63) is 39.9 Å². The SMILES string of the molecule is O=[N+]([O-])c1ccccc1C1NCCCS1. The first-order valence-corrected chi connectivity index (χ1v) is 5.92. The Labute approximate surface area is 92.2 Å². The number of hydrogen-bond acceptors (Lipinski definition) is 4. The van der Waals surface area contributed by atoms with E-state index in [1.165, 1.54) is 0 Å². The van der Waals surface area contributed by atoms with Gasteiger partial charge in [0.1, 0.15) is 0 Å². The fourth-order valence-electron chi connectivity index (χ4n) is 1.64. The van der Waals surface area contributed by atoms with Crippen LogP contribution < -0.4 is 5.32 Å². The van der Waals surface area contributed by atoms with Crippen molar-refractivity contribution in [3.8, 4) is 0 Å². The van der Waals surface area contributed by atoms with E-state index >= 15 is 0 Å². The molecule has 1 atom stereocenters. The third-order valence-electron chi connectivity index (χ3n) is 2.35. The second-order valence-corrected chi connectivity index (χ2v) is 4.59. The van der Waals surface area contributed by atoms with Gasteiger partial charge in [0.2, 0.25) is 0 Å². The van der Waals surface area contributed by atoms with Crippen LogP contribution in [0.2, 0.25) is 0 Å². The highest BCUT2D eigenvalue weighted by Crippen LogP contribution is 2.34. The zero-order chi connectivity index (χ0) is 10.7. The Hall–Kier alpha value is -1.07. The van der Waals surface area contributed by atoms with Crippen molar-refractivity contribution in [2.75, 3.05) is 12.3 Å².